The number of carbonyl (C=O) groups is 1. The van der Waals surface area contributed by atoms with Crippen molar-refractivity contribution >= 4 is 27.5 Å². The van der Waals surface area contributed by atoms with Crippen molar-refractivity contribution < 1.29 is 13.2 Å². The van der Waals surface area contributed by atoms with Crippen LogP contribution in [0.3, 0.4) is 0 Å². The van der Waals surface area contributed by atoms with E-state index in [-0.39, 0.29) is 21.4 Å². The quantitative estimate of drug-likeness (QED) is 0.778. The number of likely N-dealkylation sites (tertiary alicyclic amines) is 1. The van der Waals surface area contributed by atoms with Crippen molar-refractivity contribution in [2.75, 3.05) is 32.7 Å². The summed E-state index contributed by atoms with van der Waals surface area (Å²) in [6.07, 6.45) is 5.39. The van der Waals surface area contributed by atoms with E-state index in [1.807, 2.05) is 0 Å². The van der Waals surface area contributed by atoms with E-state index >= 15 is 0 Å². The van der Waals surface area contributed by atoms with Crippen LogP contribution in [0.25, 0.3) is 0 Å². The molecule has 0 aromatic heterocycles. The number of hydrogen-bond acceptors (Lipinski definition) is 4. The maximum absolute atomic E-state index is 12.7. The molecule has 2 saturated heterocycles. The Bertz CT molecular complexity index is 778. The van der Waals surface area contributed by atoms with Crippen LogP contribution < -0.4 is 5.32 Å². The van der Waals surface area contributed by atoms with Crippen molar-refractivity contribution in [1.29, 1.82) is 0 Å². The maximum Gasteiger partial charge on any atom is 0.252 e. The van der Waals surface area contributed by atoms with Gasteiger partial charge in [0.1, 0.15) is 0 Å². The van der Waals surface area contributed by atoms with E-state index in [0.717, 1.165) is 25.9 Å². The van der Waals surface area contributed by atoms with Crippen molar-refractivity contribution in [3.63, 3.8) is 0 Å². The lowest BCUT2D eigenvalue weighted by Gasteiger charge is -2.33. The summed E-state index contributed by atoms with van der Waals surface area (Å²) in [6.45, 7) is 5.63. The molecule has 150 valence electrons. The molecule has 2 aliphatic heterocycles. The molecule has 0 saturated carbocycles. The Morgan fingerprint density at radius 2 is 1.89 bits per heavy atom. The summed E-state index contributed by atoms with van der Waals surface area (Å²) in [4.78, 5) is 15.1. The van der Waals surface area contributed by atoms with Crippen LogP contribution in [0.5, 0.6) is 0 Å². The highest BCUT2D eigenvalue weighted by Crippen LogP contribution is 2.25. The van der Waals surface area contributed by atoms with Crippen LogP contribution in [0.2, 0.25) is 5.02 Å². The average molecular weight is 414 g/mol. The third kappa shape index (κ3) is 4.83. The summed E-state index contributed by atoms with van der Waals surface area (Å²) in [5.41, 5.74) is 0.212. The van der Waals surface area contributed by atoms with Gasteiger partial charge in [-0.2, -0.15) is 4.31 Å². The van der Waals surface area contributed by atoms with Gasteiger partial charge in [0.2, 0.25) is 10.0 Å². The predicted octanol–water partition coefficient (Wildman–Crippen LogP) is 2.73. The Labute approximate surface area is 166 Å². The third-order valence-corrected chi connectivity index (χ3v) is 7.73. The molecule has 1 unspecified atom stereocenters. The number of piperidine rings is 1. The highest BCUT2D eigenvalue weighted by atomic mass is 35.5. The highest BCUT2D eigenvalue weighted by molar-refractivity contribution is 7.89. The minimum absolute atomic E-state index is 0.128. The molecule has 0 aliphatic carbocycles. The summed E-state index contributed by atoms with van der Waals surface area (Å²) in [5, 5.41) is 3.15. The lowest BCUT2D eigenvalue weighted by Crippen LogP contribution is -2.42. The lowest BCUT2D eigenvalue weighted by atomic mass is 10.0. The lowest BCUT2D eigenvalue weighted by molar-refractivity contribution is 0.0938. The van der Waals surface area contributed by atoms with E-state index in [2.05, 4.69) is 17.1 Å². The zero-order valence-corrected chi connectivity index (χ0v) is 17.4. The van der Waals surface area contributed by atoms with Crippen LogP contribution >= 0.6 is 11.6 Å². The van der Waals surface area contributed by atoms with E-state index in [9.17, 15) is 13.2 Å². The standard InChI is InChI=1S/C19H28ClN3O3S/c1-15-6-2-3-10-22(15)13-9-21-19(24)17-14-16(7-8-18(17)20)27(25,26)23-11-4-5-12-23/h7-8,14-15H,2-6,9-13H2,1H3,(H,21,24). The molecule has 1 aromatic rings. The van der Waals surface area contributed by atoms with Crippen molar-refractivity contribution in [3.05, 3.63) is 28.8 Å². The van der Waals surface area contributed by atoms with Gasteiger partial charge in [0.25, 0.3) is 5.91 Å². The molecule has 6 nitrogen and oxygen atoms in total. The second-order valence-electron chi connectivity index (χ2n) is 7.39. The first-order chi connectivity index (χ1) is 12.9. The molecular formula is C19H28ClN3O3S. The monoisotopic (exact) mass is 413 g/mol. The van der Waals surface area contributed by atoms with E-state index < -0.39 is 10.0 Å². The normalized spacial score (nSPS) is 22.1. The van der Waals surface area contributed by atoms with E-state index in [1.54, 1.807) is 0 Å². The molecule has 0 radical (unpaired) electrons. The fraction of sp³-hybridized carbons (Fsp3) is 0.632. The topological polar surface area (TPSA) is 69.7 Å². The van der Waals surface area contributed by atoms with Gasteiger partial charge in [-0.3, -0.25) is 9.69 Å². The number of carbonyl (C=O) groups excluding carboxylic acids is 1. The Balaban J connectivity index is 1.65. The Kier molecular flexibility index (Phi) is 6.78. The molecule has 0 bridgehead atoms. The first kappa shape index (κ1) is 20.6. The van der Waals surface area contributed by atoms with Gasteiger partial charge in [-0.1, -0.05) is 18.0 Å². The number of nitrogens with one attached hydrogen (secondary N) is 1. The van der Waals surface area contributed by atoms with Gasteiger partial charge in [0.15, 0.2) is 0 Å². The molecule has 27 heavy (non-hydrogen) atoms. The first-order valence-electron chi connectivity index (χ1n) is 9.71. The molecule has 2 heterocycles. The van der Waals surface area contributed by atoms with Crippen molar-refractivity contribution in [1.82, 2.24) is 14.5 Å². The Morgan fingerprint density at radius 1 is 1.19 bits per heavy atom. The number of sulfonamides is 1. The summed E-state index contributed by atoms with van der Waals surface area (Å²) < 4.78 is 26.9. The van der Waals surface area contributed by atoms with Crippen molar-refractivity contribution in [3.8, 4) is 0 Å². The van der Waals surface area contributed by atoms with E-state index in [4.69, 9.17) is 11.6 Å². The number of amides is 1. The van der Waals surface area contributed by atoms with Gasteiger partial charge in [-0.25, -0.2) is 8.42 Å². The largest absolute Gasteiger partial charge is 0.351 e. The number of rotatable bonds is 6. The molecule has 2 fully saturated rings. The third-order valence-electron chi connectivity index (χ3n) is 5.51. The van der Waals surface area contributed by atoms with E-state index in [1.165, 1.54) is 41.8 Å². The molecule has 8 heteroatoms. The molecule has 3 rings (SSSR count). The van der Waals surface area contributed by atoms with Crippen LogP contribution in [-0.4, -0.2) is 62.3 Å². The zero-order valence-electron chi connectivity index (χ0n) is 15.8. The number of halogens is 1. The van der Waals surface area contributed by atoms with Crippen LogP contribution in [0, 0.1) is 0 Å². The summed E-state index contributed by atoms with van der Waals surface area (Å²) in [5.74, 6) is -0.330. The minimum Gasteiger partial charge on any atom is -0.351 e. The minimum atomic E-state index is -3.57. The first-order valence-corrected chi connectivity index (χ1v) is 11.5. The smallest absolute Gasteiger partial charge is 0.252 e. The van der Waals surface area contributed by atoms with Gasteiger partial charge >= 0.3 is 0 Å². The second-order valence-corrected chi connectivity index (χ2v) is 9.73. The number of benzene rings is 1. The average Bonchev–Trinajstić information content (AvgIpc) is 3.19. The van der Waals surface area contributed by atoms with Gasteiger partial charge in [0.05, 0.1) is 15.5 Å². The fourth-order valence-corrected chi connectivity index (χ4v) is 5.56. The van der Waals surface area contributed by atoms with Crippen LogP contribution in [0.4, 0.5) is 0 Å². The molecule has 1 N–H and O–H groups in total. The van der Waals surface area contributed by atoms with Crippen molar-refractivity contribution in [2.24, 2.45) is 0 Å². The fourth-order valence-electron chi connectivity index (χ4n) is 3.81. The van der Waals surface area contributed by atoms with Gasteiger partial charge < -0.3 is 5.32 Å². The number of nitrogens with zero attached hydrogens (tertiary/aromatic N) is 2. The zero-order chi connectivity index (χ0) is 19.4. The van der Waals surface area contributed by atoms with Crippen molar-refractivity contribution in [2.45, 2.75) is 50.0 Å². The second kappa shape index (κ2) is 8.90. The Hall–Kier alpha value is -1.15. The predicted molar refractivity (Wildman–Crippen MR) is 107 cm³/mol. The number of hydrogen-bond donors (Lipinski definition) is 1. The molecule has 2 aliphatic rings. The molecule has 1 aromatic carbocycles. The van der Waals surface area contributed by atoms with Crippen LogP contribution in [0.15, 0.2) is 23.1 Å². The SMILES string of the molecule is CC1CCCCN1CCNC(=O)c1cc(S(=O)(=O)N2CCCC2)ccc1Cl. The molecule has 1 atom stereocenters. The molecular weight excluding hydrogens is 386 g/mol. The summed E-state index contributed by atoms with van der Waals surface area (Å²) in [6, 6.07) is 4.90. The summed E-state index contributed by atoms with van der Waals surface area (Å²) in [7, 11) is -3.57. The Morgan fingerprint density at radius 3 is 2.59 bits per heavy atom. The van der Waals surface area contributed by atoms with Gasteiger partial charge in [-0.15, -0.1) is 0 Å². The maximum atomic E-state index is 12.7. The van der Waals surface area contributed by atoms with Gasteiger partial charge in [0, 0.05) is 32.2 Å². The van der Waals surface area contributed by atoms with Crippen LogP contribution in [0.1, 0.15) is 49.4 Å². The molecule has 1 amide bonds. The van der Waals surface area contributed by atoms with Crippen LogP contribution in [-0.2, 0) is 10.0 Å². The molecule has 0 spiro atoms. The van der Waals surface area contributed by atoms with E-state index in [0.29, 0.717) is 25.7 Å². The summed E-state index contributed by atoms with van der Waals surface area (Å²) >= 11 is 6.17. The van der Waals surface area contributed by atoms with Gasteiger partial charge in [-0.05, 0) is 57.4 Å². The highest BCUT2D eigenvalue weighted by Gasteiger charge is 2.28.